The van der Waals surface area contributed by atoms with Crippen LogP contribution in [0.3, 0.4) is 0 Å². The molecule has 2 saturated heterocycles. The molecule has 3 aliphatic rings. The minimum Gasteiger partial charge on any atom is -0.311 e. The van der Waals surface area contributed by atoms with Crippen molar-refractivity contribution < 1.29 is 0 Å². The first-order chi connectivity index (χ1) is 4.86. The minimum atomic E-state index is 0.122. The van der Waals surface area contributed by atoms with Crippen LogP contribution in [0.15, 0.2) is 10.2 Å². The topological polar surface area (TPSA) is 36.8 Å². The van der Waals surface area contributed by atoms with Crippen molar-refractivity contribution in [2.24, 2.45) is 10.2 Å². The number of hydrogen-bond acceptors (Lipinski definition) is 3. The number of nitrogens with one attached hydrogen (secondary N) is 1. The largest absolute Gasteiger partial charge is 0.311 e. The van der Waals surface area contributed by atoms with Gasteiger partial charge in [-0.25, -0.2) is 0 Å². The first kappa shape index (κ1) is 5.24. The van der Waals surface area contributed by atoms with Gasteiger partial charge in [-0.15, -0.1) is 0 Å². The van der Waals surface area contributed by atoms with Crippen molar-refractivity contribution in [3.8, 4) is 0 Å². The summed E-state index contributed by atoms with van der Waals surface area (Å²) in [5, 5.41) is 11.8. The molecular formula is C7H11N3. The van der Waals surface area contributed by atoms with Gasteiger partial charge in [0.25, 0.3) is 0 Å². The van der Waals surface area contributed by atoms with Gasteiger partial charge < -0.3 is 5.32 Å². The molecule has 10 heavy (non-hydrogen) atoms. The Hall–Kier alpha value is -0.440. The Morgan fingerprint density at radius 3 is 2.20 bits per heavy atom. The maximum absolute atomic E-state index is 4.12. The highest BCUT2D eigenvalue weighted by Gasteiger charge is 2.50. The Bertz CT molecular complexity index is 179. The van der Waals surface area contributed by atoms with E-state index in [0.717, 1.165) is 12.1 Å². The lowest BCUT2D eigenvalue weighted by Crippen LogP contribution is -2.42. The van der Waals surface area contributed by atoms with Gasteiger partial charge >= 0.3 is 0 Å². The Labute approximate surface area is 59.9 Å². The molecule has 0 amide bonds. The zero-order valence-corrected chi connectivity index (χ0v) is 5.88. The lowest BCUT2D eigenvalue weighted by molar-refractivity contribution is 0.328. The van der Waals surface area contributed by atoms with E-state index in [2.05, 4.69) is 15.5 Å². The van der Waals surface area contributed by atoms with E-state index in [4.69, 9.17) is 0 Å². The molecule has 54 valence electrons. The van der Waals surface area contributed by atoms with Crippen LogP contribution in [-0.4, -0.2) is 17.7 Å². The Morgan fingerprint density at radius 2 is 1.70 bits per heavy atom. The highest BCUT2D eigenvalue weighted by atomic mass is 15.4. The second-order valence-electron chi connectivity index (χ2n) is 3.73. The molecule has 3 aliphatic heterocycles. The predicted octanol–water partition coefficient (Wildman–Crippen LogP) is 1.06. The molecular weight excluding hydrogens is 126 g/mol. The molecule has 0 aromatic heterocycles. The van der Waals surface area contributed by atoms with Gasteiger partial charge in [-0.3, -0.25) is 0 Å². The van der Waals surface area contributed by atoms with Crippen molar-refractivity contribution in [2.75, 3.05) is 0 Å². The Balaban J connectivity index is 1.85. The van der Waals surface area contributed by atoms with Crippen molar-refractivity contribution in [3.05, 3.63) is 0 Å². The van der Waals surface area contributed by atoms with Crippen LogP contribution < -0.4 is 5.32 Å². The lowest BCUT2D eigenvalue weighted by Gasteiger charge is -2.24. The number of rotatable bonds is 0. The first-order valence-electron chi connectivity index (χ1n) is 4.06. The summed E-state index contributed by atoms with van der Waals surface area (Å²) in [6.45, 7) is 0. The highest BCUT2D eigenvalue weighted by molar-refractivity contribution is 5.07. The third-order valence-corrected chi connectivity index (χ3v) is 2.86. The molecule has 0 aliphatic carbocycles. The van der Waals surface area contributed by atoms with Crippen LogP contribution in [0.1, 0.15) is 25.7 Å². The third-order valence-electron chi connectivity index (χ3n) is 2.86. The van der Waals surface area contributed by atoms with Crippen molar-refractivity contribution in [1.82, 2.24) is 5.32 Å². The molecule has 3 nitrogen and oxygen atoms in total. The number of piperidine rings is 1. The van der Waals surface area contributed by atoms with Gasteiger partial charge in [0.15, 0.2) is 5.66 Å². The molecule has 0 radical (unpaired) electrons. The first-order valence-corrected chi connectivity index (χ1v) is 4.06. The Morgan fingerprint density at radius 1 is 1.10 bits per heavy atom. The highest BCUT2D eigenvalue weighted by Crippen LogP contribution is 2.44. The van der Waals surface area contributed by atoms with Crippen molar-refractivity contribution in [1.29, 1.82) is 0 Å². The minimum absolute atomic E-state index is 0.122. The normalized spacial score (nSPS) is 46.4. The summed E-state index contributed by atoms with van der Waals surface area (Å²) in [5.74, 6) is 0. The second kappa shape index (κ2) is 1.42. The monoisotopic (exact) mass is 137 g/mol. The summed E-state index contributed by atoms with van der Waals surface area (Å²) < 4.78 is 0. The summed E-state index contributed by atoms with van der Waals surface area (Å²) in [7, 11) is 0. The summed E-state index contributed by atoms with van der Waals surface area (Å²) in [4.78, 5) is 0. The van der Waals surface area contributed by atoms with E-state index in [1.807, 2.05) is 0 Å². The summed E-state index contributed by atoms with van der Waals surface area (Å²) >= 11 is 0. The van der Waals surface area contributed by atoms with Gasteiger partial charge in [0.05, 0.1) is 0 Å². The van der Waals surface area contributed by atoms with Crippen LogP contribution in [0.5, 0.6) is 0 Å². The molecule has 0 aromatic rings. The molecule has 3 rings (SSSR count). The molecule has 0 aromatic carbocycles. The SMILES string of the molecule is C1CC2CC3(CC1N2)N=N3. The molecule has 2 unspecified atom stereocenters. The van der Waals surface area contributed by atoms with E-state index >= 15 is 0 Å². The van der Waals surface area contributed by atoms with E-state index < -0.39 is 0 Å². The molecule has 2 bridgehead atoms. The van der Waals surface area contributed by atoms with Crippen LogP contribution in [-0.2, 0) is 0 Å². The van der Waals surface area contributed by atoms with Crippen LogP contribution in [0.2, 0.25) is 0 Å². The van der Waals surface area contributed by atoms with Gasteiger partial charge in [-0.2, -0.15) is 10.2 Å². The van der Waals surface area contributed by atoms with Gasteiger partial charge in [-0.1, -0.05) is 0 Å². The van der Waals surface area contributed by atoms with Gasteiger partial charge in [0.1, 0.15) is 0 Å². The Kier molecular flexibility index (Phi) is 0.744. The van der Waals surface area contributed by atoms with Gasteiger partial charge in [0, 0.05) is 24.9 Å². The van der Waals surface area contributed by atoms with Crippen LogP contribution in [0.25, 0.3) is 0 Å². The van der Waals surface area contributed by atoms with E-state index in [-0.39, 0.29) is 5.66 Å². The summed E-state index contributed by atoms with van der Waals surface area (Å²) in [5.41, 5.74) is 0.122. The molecule has 2 atom stereocenters. The zero-order valence-electron chi connectivity index (χ0n) is 5.88. The molecule has 2 fully saturated rings. The van der Waals surface area contributed by atoms with Crippen LogP contribution >= 0.6 is 0 Å². The predicted molar refractivity (Wildman–Crippen MR) is 36.8 cm³/mol. The molecule has 0 saturated carbocycles. The smallest absolute Gasteiger partial charge is 0.193 e. The van der Waals surface area contributed by atoms with Crippen molar-refractivity contribution in [3.63, 3.8) is 0 Å². The third kappa shape index (κ3) is 0.586. The summed E-state index contributed by atoms with van der Waals surface area (Å²) in [6, 6.07) is 1.46. The maximum atomic E-state index is 4.12. The van der Waals surface area contributed by atoms with Crippen LogP contribution in [0, 0.1) is 0 Å². The van der Waals surface area contributed by atoms with Crippen molar-refractivity contribution >= 4 is 0 Å². The van der Waals surface area contributed by atoms with E-state index in [1.165, 1.54) is 25.7 Å². The molecule has 1 N–H and O–H groups in total. The van der Waals surface area contributed by atoms with Crippen LogP contribution in [0.4, 0.5) is 0 Å². The molecule has 3 heteroatoms. The van der Waals surface area contributed by atoms with Gasteiger partial charge in [0.2, 0.25) is 0 Å². The van der Waals surface area contributed by atoms with E-state index in [1.54, 1.807) is 0 Å². The fraction of sp³-hybridized carbons (Fsp3) is 1.00. The van der Waals surface area contributed by atoms with Crippen molar-refractivity contribution in [2.45, 2.75) is 43.4 Å². The summed E-state index contributed by atoms with van der Waals surface area (Å²) in [6.07, 6.45) is 5.03. The maximum Gasteiger partial charge on any atom is 0.193 e. The number of hydrogen-bond donors (Lipinski definition) is 1. The van der Waals surface area contributed by atoms with Gasteiger partial charge in [-0.05, 0) is 12.8 Å². The van der Waals surface area contributed by atoms with E-state index in [0.29, 0.717) is 0 Å². The second-order valence-corrected chi connectivity index (χ2v) is 3.73. The zero-order chi connectivity index (χ0) is 6.60. The lowest BCUT2D eigenvalue weighted by atomic mass is 9.97. The fourth-order valence-electron chi connectivity index (χ4n) is 2.33. The average molecular weight is 137 g/mol. The number of nitrogens with zero attached hydrogens (tertiary/aromatic N) is 2. The fourth-order valence-corrected chi connectivity index (χ4v) is 2.33. The molecule has 3 heterocycles. The number of fused-ring (bicyclic) bond motifs is 2. The average Bonchev–Trinajstić information content (AvgIpc) is 2.56. The standard InChI is InChI=1S/C7H11N3/c1-2-6-4-7(9-10-7)3-5(1)8-6/h5-6,8H,1-4H2. The molecule has 1 spiro atoms. The quantitative estimate of drug-likeness (QED) is 0.532. The van der Waals surface area contributed by atoms with E-state index in [9.17, 15) is 0 Å².